The summed E-state index contributed by atoms with van der Waals surface area (Å²) >= 11 is 8.53. The minimum Gasteiger partial charge on any atom is -0.305 e. The van der Waals surface area contributed by atoms with Gasteiger partial charge in [0.05, 0.1) is 5.02 Å². The Bertz CT molecular complexity index is 505. The zero-order valence-electron chi connectivity index (χ0n) is 10.7. The molecule has 9 heteroatoms. The summed E-state index contributed by atoms with van der Waals surface area (Å²) in [6, 6.07) is -1.04. The molecule has 0 amide bonds. The fourth-order valence-electron chi connectivity index (χ4n) is 1.64. The number of nitrogens with one attached hydrogen (secondary N) is 1. The molecule has 0 spiro atoms. The first-order chi connectivity index (χ1) is 9.52. The zero-order valence-corrected chi connectivity index (χ0v) is 13.0. The SMILES string of the molecule is CCCNC(c1cc(Cl)c(Br)cc1F)C(F)(F)C(F)(F)F. The summed E-state index contributed by atoms with van der Waals surface area (Å²) in [4.78, 5) is 0. The topological polar surface area (TPSA) is 12.0 Å². The van der Waals surface area contributed by atoms with E-state index in [0.29, 0.717) is 6.42 Å². The summed E-state index contributed by atoms with van der Waals surface area (Å²) in [5.74, 6) is -6.34. The fourth-order valence-corrected chi connectivity index (χ4v) is 2.13. The average Bonchev–Trinajstić information content (AvgIpc) is 2.34. The molecule has 0 bridgehead atoms. The third-order valence-corrected chi connectivity index (χ3v) is 3.89. The summed E-state index contributed by atoms with van der Waals surface area (Å²) in [5, 5.41) is 1.88. The molecular formula is C12H11BrClF6N. The Balaban J connectivity index is 3.36. The Kier molecular flexibility index (Phi) is 5.97. The molecule has 21 heavy (non-hydrogen) atoms. The molecule has 0 saturated heterocycles. The molecule has 0 aliphatic carbocycles. The van der Waals surface area contributed by atoms with Crippen LogP contribution in [0.2, 0.25) is 5.02 Å². The molecule has 0 aromatic heterocycles. The Morgan fingerprint density at radius 3 is 2.29 bits per heavy atom. The molecule has 0 heterocycles. The molecule has 0 aliphatic heterocycles. The van der Waals surface area contributed by atoms with Crippen LogP contribution in [0.4, 0.5) is 26.3 Å². The van der Waals surface area contributed by atoms with E-state index in [1.54, 1.807) is 6.92 Å². The van der Waals surface area contributed by atoms with Crippen molar-refractivity contribution in [1.29, 1.82) is 0 Å². The predicted molar refractivity (Wildman–Crippen MR) is 71.1 cm³/mol. The zero-order chi connectivity index (χ0) is 16.4. The van der Waals surface area contributed by atoms with Gasteiger partial charge in [-0.3, -0.25) is 0 Å². The van der Waals surface area contributed by atoms with Gasteiger partial charge in [0.2, 0.25) is 0 Å². The van der Waals surface area contributed by atoms with Gasteiger partial charge in [-0.2, -0.15) is 22.0 Å². The highest BCUT2D eigenvalue weighted by Gasteiger charge is 2.63. The van der Waals surface area contributed by atoms with Crippen LogP contribution in [0.5, 0.6) is 0 Å². The van der Waals surface area contributed by atoms with Crippen molar-refractivity contribution in [2.45, 2.75) is 31.5 Å². The molecule has 1 unspecified atom stereocenters. The molecule has 0 saturated carbocycles. The van der Waals surface area contributed by atoms with Gasteiger partial charge in [-0.15, -0.1) is 0 Å². The smallest absolute Gasteiger partial charge is 0.305 e. The molecule has 1 aromatic carbocycles. The van der Waals surface area contributed by atoms with Crippen molar-refractivity contribution in [3.63, 3.8) is 0 Å². The Hall–Kier alpha value is -0.470. The Morgan fingerprint density at radius 1 is 1.24 bits per heavy atom. The van der Waals surface area contributed by atoms with E-state index in [-0.39, 0.29) is 16.0 Å². The molecule has 1 N–H and O–H groups in total. The highest BCUT2D eigenvalue weighted by atomic mass is 79.9. The molecule has 0 radical (unpaired) electrons. The predicted octanol–water partition coefficient (Wildman–Crippen LogP) is 5.48. The van der Waals surface area contributed by atoms with E-state index in [9.17, 15) is 26.3 Å². The second-order valence-electron chi connectivity index (χ2n) is 4.30. The number of hydrogen-bond donors (Lipinski definition) is 1. The van der Waals surface area contributed by atoms with Crippen LogP contribution in [0.3, 0.4) is 0 Å². The molecule has 120 valence electrons. The van der Waals surface area contributed by atoms with Crippen molar-refractivity contribution in [2.75, 3.05) is 6.54 Å². The van der Waals surface area contributed by atoms with E-state index >= 15 is 0 Å². The largest absolute Gasteiger partial charge is 0.455 e. The van der Waals surface area contributed by atoms with Crippen LogP contribution in [-0.4, -0.2) is 18.6 Å². The lowest BCUT2D eigenvalue weighted by molar-refractivity contribution is -0.294. The quantitative estimate of drug-likeness (QED) is 0.511. The normalized spacial score (nSPS) is 14.3. The number of benzene rings is 1. The monoisotopic (exact) mass is 397 g/mol. The summed E-state index contributed by atoms with van der Waals surface area (Å²) in [7, 11) is 0. The van der Waals surface area contributed by atoms with Gasteiger partial charge >= 0.3 is 12.1 Å². The minimum absolute atomic E-state index is 0.0648. The maximum atomic E-state index is 13.8. The number of hydrogen-bond acceptors (Lipinski definition) is 1. The van der Waals surface area contributed by atoms with Crippen molar-refractivity contribution in [3.8, 4) is 0 Å². The van der Waals surface area contributed by atoms with Crippen molar-refractivity contribution < 1.29 is 26.3 Å². The maximum absolute atomic E-state index is 13.8. The lowest BCUT2D eigenvalue weighted by Crippen LogP contribution is -2.48. The van der Waals surface area contributed by atoms with Gasteiger partial charge in [0.15, 0.2) is 0 Å². The van der Waals surface area contributed by atoms with Gasteiger partial charge in [-0.25, -0.2) is 4.39 Å². The van der Waals surface area contributed by atoms with Crippen LogP contribution in [0.1, 0.15) is 24.9 Å². The minimum atomic E-state index is -5.82. The van der Waals surface area contributed by atoms with Gasteiger partial charge in [0.25, 0.3) is 0 Å². The highest BCUT2D eigenvalue weighted by molar-refractivity contribution is 9.10. The number of halogens is 8. The molecule has 0 aliphatic rings. The summed E-state index contributed by atoms with van der Waals surface area (Å²) in [6.45, 7) is 1.45. The van der Waals surface area contributed by atoms with E-state index in [1.807, 2.05) is 5.32 Å². The van der Waals surface area contributed by atoms with Crippen molar-refractivity contribution in [1.82, 2.24) is 5.32 Å². The van der Waals surface area contributed by atoms with Gasteiger partial charge < -0.3 is 5.32 Å². The third-order valence-electron chi connectivity index (χ3n) is 2.69. The molecule has 1 nitrogen and oxygen atoms in total. The van der Waals surface area contributed by atoms with E-state index < -0.39 is 29.5 Å². The van der Waals surface area contributed by atoms with Gasteiger partial charge in [0, 0.05) is 10.0 Å². The standard InChI is InChI=1S/C12H11BrClF6N/c1-2-3-21-10(11(16,17)12(18,19)20)6-4-8(14)7(13)5-9(6)15/h4-5,10,21H,2-3H2,1H3. The molecule has 1 atom stereocenters. The first kappa shape index (κ1) is 18.6. The third kappa shape index (κ3) is 4.04. The van der Waals surface area contributed by atoms with Crippen LogP contribution in [0.15, 0.2) is 16.6 Å². The molecule has 0 fully saturated rings. The second kappa shape index (κ2) is 6.75. The highest BCUT2D eigenvalue weighted by Crippen LogP contribution is 2.45. The van der Waals surface area contributed by atoms with Crippen molar-refractivity contribution >= 4 is 27.5 Å². The van der Waals surface area contributed by atoms with Crippen LogP contribution < -0.4 is 5.32 Å². The Morgan fingerprint density at radius 2 is 1.81 bits per heavy atom. The molecule has 1 rings (SSSR count). The summed E-state index contributed by atoms with van der Waals surface area (Å²) < 4.78 is 78.7. The van der Waals surface area contributed by atoms with Gasteiger partial charge in [-0.1, -0.05) is 18.5 Å². The van der Waals surface area contributed by atoms with Crippen molar-refractivity contribution in [3.05, 3.63) is 33.0 Å². The van der Waals surface area contributed by atoms with Crippen LogP contribution >= 0.6 is 27.5 Å². The second-order valence-corrected chi connectivity index (χ2v) is 5.56. The van der Waals surface area contributed by atoms with Crippen LogP contribution in [0, 0.1) is 5.82 Å². The molecule has 1 aromatic rings. The average molecular weight is 399 g/mol. The number of alkyl halides is 5. The maximum Gasteiger partial charge on any atom is 0.455 e. The first-order valence-electron chi connectivity index (χ1n) is 5.84. The van der Waals surface area contributed by atoms with E-state index in [0.717, 1.165) is 12.1 Å². The summed E-state index contributed by atoms with van der Waals surface area (Å²) in [6.07, 6.45) is -5.51. The van der Waals surface area contributed by atoms with Crippen LogP contribution in [0.25, 0.3) is 0 Å². The lowest BCUT2D eigenvalue weighted by Gasteiger charge is -2.30. The Labute approximate surface area is 130 Å². The summed E-state index contributed by atoms with van der Waals surface area (Å²) in [5.41, 5.74) is -0.834. The van der Waals surface area contributed by atoms with E-state index in [4.69, 9.17) is 11.6 Å². The van der Waals surface area contributed by atoms with E-state index in [2.05, 4.69) is 15.9 Å². The van der Waals surface area contributed by atoms with Gasteiger partial charge in [0.1, 0.15) is 11.9 Å². The van der Waals surface area contributed by atoms with Crippen molar-refractivity contribution in [2.24, 2.45) is 0 Å². The molecular weight excluding hydrogens is 387 g/mol. The first-order valence-corrected chi connectivity index (χ1v) is 7.01. The van der Waals surface area contributed by atoms with E-state index in [1.165, 1.54) is 0 Å². The van der Waals surface area contributed by atoms with Gasteiger partial charge in [-0.05, 0) is 41.0 Å². The fraction of sp³-hybridized carbons (Fsp3) is 0.500. The number of rotatable bonds is 5. The van der Waals surface area contributed by atoms with Crippen LogP contribution in [-0.2, 0) is 0 Å². The lowest BCUT2D eigenvalue weighted by atomic mass is 9.99.